The molecule has 0 aliphatic rings. The third-order valence-electron chi connectivity index (χ3n) is 16.1. The molecule has 0 saturated heterocycles. The van der Waals surface area contributed by atoms with Crippen molar-refractivity contribution in [2.45, 2.75) is 405 Å². The highest BCUT2D eigenvalue weighted by Gasteiger charge is 2.23. The molecule has 3 unspecified atom stereocenters. The van der Waals surface area contributed by atoms with Crippen molar-refractivity contribution in [3.63, 3.8) is 0 Å². The predicted octanol–water partition coefficient (Wildman–Crippen LogP) is 21.4. The monoisotopic (exact) mass is 1020 g/mol. The molecular weight excluding hydrogens is 883 g/mol. The van der Waals surface area contributed by atoms with Gasteiger partial charge >= 0.3 is 0 Å². The van der Waals surface area contributed by atoms with E-state index in [1.807, 2.05) is 0 Å². The van der Waals surface area contributed by atoms with Gasteiger partial charge in [-0.15, -0.1) is 0 Å². The second-order valence-electron chi connectivity index (χ2n) is 23.4. The Kier molecular flexibility index (Phi) is 61.8. The molecule has 0 aromatic rings. The normalized spacial score (nSPS) is 13.1. The van der Waals surface area contributed by atoms with Gasteiger partial charge in [0.25, 0.3) is 0 Å². The lowest BCUT2D eigenvalue weighted by Crippen LogP contribution is -2.49. The molecule has 0 aliphatic carbocycles. The fourth-order valence-corrected chi connectivity index (χ4v) is 11.0. The number of rotatable bonds is 63. The van der Waals surface area contributed by atoms with E-state index >= 15 is 0 Å². The van der Waals surface area contributed by atoms with Crippen LogP contribution in [0.25, 0.3) is 0 Å². The maximum atomic E-state index is 12.6. The van der Waals surface area contributed by atoms with Gasteiger partial charge in [-0.25, -0.2) is 0 Å². The average molecular weight is 1020 g/mol. The Labute approximate surface area is 452 Å². The zero-order valence-electron chi connectivity index (χ0n) is 49.4. The number of aliphatic hydroxyl groups is 3. The van der Waals surface area contributed by atoms with Crippen LogP contribution in [-0.2, 0) is 4.79 Å². The summed E-state index contributed by atoms with van der Waals surface area (Å²) in [5.74, 6) is -0.462. The van der Waals surface area contributed by atoms with Gasteiger partial charge in [0, 0.05) is 0 Å². The Hall–Kier alpha value is -0.910. The van der Waals surface area contributed by atoms with Gasteiger partial charge in [-0.05, 0) is 38.5 Å². The smallest absolute Gasteiger partial charge is 0.249 e. The van der Waals surface area contributed by atoms with Gasteiger partial charge in [-0.2, -0.15) is 0 Å². The molecule has 430 valence electrons. The fourth-order valence-electron chi connectivity index (χ4n) is 11.0. The molecule has 0 aromatic heterocycles. The largest absolute Gasteiger partial charge is 0.394 e. The van der Waals surface area contributed by atoms with E-state index < -0.39 is 24.2 Å². The van der Waals surface area contributed by atoms with E-state index in [0.717, 1.165) is 32.1 Å². The first-order chi connectivity index (χ1) is 35.6. The van der Waals surface area contributed by atoms with E-state index in [1.54, 1.807) is 0 Å². The topological polar surface area (TPSA) is 89.8 Å². The van der Waals surface area contributed by atoms with Crippen molar-refractivity contribution >= 4 is 5.91 Å². The van der Waals surface area contributed by atoms with Crippen LogP contribution < -0.4 is 5.32 Å². The number of carbonyl (C=O) groups is 1. The standard InChI is InChI=1S/C67H133NO4/c1-3-5-7-9-11-13-15-17-19-21-23-25-27-28-29-30-31-32-33-34-35-36-37-38-39-40-42-44-46-48-50-52-54-56-58-60-62-66(71)67(72)68-64(63-69)65(70)61-59-57-55-53-51-49-47-45-43-41-26-24-22-20-18-16-14-12-10-8-6-4-2/h32-33,64-66,69-71H,3-31,34-63H2,1-2H3,(H,68,72)/b33-32-. The molecule has 5 heteroatoms. The highest BCUT2D eigenvalue weighted by Crippen LogP contribution is 2.19. The molecule has 0 rings (SSSR count). The van der Waals surface area contributed by atoms with Crippen molar-refractivity contribution in [2.24, 2.45) is 0 Å². The molecule has 0 saturated carbocycles. The molecule has 0 bridgehead atoms. The predicted molar refractivity (Wildman–Crippen MR) is 319 cm³/mol. The van der Waals surface area contributed by atoms with Gasteiger partial charge in [0.15, 0.2) is 0 Å². The number of carbonyl (C=O) groups excluding carboxylic acids is 1. The second kappa shape index (κ2) is 62.6. The zero-order chi connectivity index (χ0) is 52.2. The average Bonchev–Trinajstić information content (AvgIpc) is 3.39. The summed E-state index contributed by atoms with van der Waals surface area (Å²) < 4.78 is 0. The lowest BCUT2D eigenvalue weighted by Gasteiger charge is -2.23. The number of aliphatic hydroxyl groups excluding tert-OH is 3. The van der Waals surface area contributed by atoms with E-state index in [-0.39, 0.29) is 6.61 Å². The number of hydrogen-bond acceptors (Lipinski definition) is 4. The van der Waals surface area contributed by atoms with Crippen LogP contribution >= 0.6 is 0 Å². The summed E-state index contributed by atoms with van der Waals surface area (Å²) in [5, 5.41) is 33.7. The van der Waals surface area contributed by atoms with E-state index in [9.17, 15) is 20.1 Å². The van der Waals surface area contributed by atoms with Crippen LogP contribution in [0.5, 0.6) is 0 Å². The van der Waals surface area contributed by atoms with Crippen molar-refractivity contribution in [1.29, 1.82) is 0 Å². The summed E-state index contributed by atoms with van der Waals surface area (Å²) >= 11 is 0. The lowest BCUT2D eigenvalue weighted by atomic mass is 10.0. The Bertz CT molecular complexity index is 1030. The van der Waals surface area contributed by atoms with Crippen LogP contribution in [-0.4, -0.2) is 46.1 Å². The highest BCUT2D eigenvalue weighted by molar-refractivity contribution is 5.80. The van der Waals surface area contributed by atoms with Crippen molar-refractivity contribution in [3.05, 3.63) is 12.2 Å². The Morgan fingerprint density at radius 1 is 0.319 bits per heavy atom. The van der Waals surface area contributed by atoms with E-state index in [2.05, 4.69) is 31.3 Å². The Morgan fingerprint density at radius 2 is 0.528 bits per heavy atom. The van der Waals surface area contributed by atoms with Crippen molar-refractivity contribution in [3.8, 4) is 0 Å². The number of allylic oxidation sites excluding steroid dienone is 2. The minimum Gasteiger partial charge on any atom is -0.394 e. The van der Waals surface area contributed by atoms with E-state index in [0.29, 0.717) is 12.8 Å². The fraction of sp³-hybridized carbons (Fsp3) is 0.955. The van der Waals surface area contributed by atoms with Crippen molar-refractivity contribution < 1.29 is 20.1 Å². The van der Waals surface area contributed by atoms with Crippen LogP contribution in [0.4, 0.5) is 0 Å². The molecular formula is C67H133NO4. The maximum Gasteiger partial charge on any atom is 0.249 e. The van der Waals surface area contributed by atoms with Gasteiger partial charge in [0.2, 0.25) is 5.91 Å². The molecule has 5 nitrogen and oxygen atoms in total. The number of hydrogen-bond donors (Lipinski definition) is 4. The van der Waals surface area contributed by atoms with Crippen molar-refractivity contribution in [2.75, 3.05) is 6.61 Å². The molecule has 0 spiro atoms. The highest BCUT2D eigenvalue weighted by atomic mass is 16.3. The van der Waals surface area contributed by atoms with E-state index in [1.165, 1.54) is 327 Å². The second-order valence-corrected chi connectivity index (χ2v) is 23.4. The molecule has 1 amide bonds. The van der Waals surface area contributed by atoms with Crippen LogP contribution in [0.3, 0.4) is 0 Å². The number of amides is 1. The minimum absolute atomic E-state index is 0.309. The summed E-state index contributed by atoms with van der Waals surface area (Å²) in [6.07, 6.45) is 80.3. The first-order valence-corrected chi connectivity index (χ1v) is 33.5. The molecule has 0 radical (unpaired) electrons. The summed E-state index contributed by atoms with van der Waals surface area (Å²) in [4.78, 5) is 12.6. The number of unbranched alkanes of at least 4 members (excludes halogenated alkanes) is 53. The van der Waals surface area contributed by atoms with Gasteiger partial charge in [-0.3, -0.25) is 4.79 Å². The van der Waals surface area contributed by atoms with E-state index in [4.69, 9.17) is 0 Å². The third kappa shape index (κ3) is 56.8. The molecule has 0 aliphatic heterocycles. The molecule has 0 fully saturated rings. The number of nitrogens with one attached hydrogen (secondary N) is 1. The van der Waals surface area contributed by atoms with Crippen LogP contribution in [0.1, 0.15) is 386 Å². The van der Waals surface area contributed by atoms with Gasteiger partial charge in [0.1, 0.15) is 6.10 Å². The molecule has 3 atom stereocenters. The molecule has 0 aromatic carbocycles. The summed E-state index contributed by atoms with van der Waals surface area (Å²) in [6.45, 7) is 4.29. The zero-order valence-corrected chi connectivity index (χ0v) is 49.4. The first kappa shape index (κ1) is 71.1. The molecule has 72 heavy (non-hydrogen) atoms. The minimum atomic E-state index is -1.07. The Balaban J connectivity index is 3.44. The van der Waals surface area contributed by atoms with Gasteiger partial charge in [-0.1, -0.05) is 360 Å². The summed E-state index contributed by atoms with van der Waals surface area (Å²) in [6, 6.07) is -0.710. The molecule has 4 N–H and O–H groups in total. The first-order valence-electron chi connectivity index (χ1n) is 33.5. The Morgan fingerprint density at radius 3 is 0.764 bits per heavy atom. The quantitative estimate of drug-likeness (QED) is 0.0361. The summed E-state index contributed by atoms with van der Waals surface area (Å²) in [7, 11) is 0. The van der Waals surface area contributed by atoms with Gasteiger partial charge < -0.3 is 20.6 Å². The van der Waals surface area contributed by atoms with Crippen molar-refractivity contribution in [1.82, 2.24) is 5.32 Å². The lowest BCUT2D eigenvalue weighted by molar-refractivity contribution is -0.131. The summed E-state index contributed by atoms with van der Waals surface area (Å²) in [5.41, 5.74) is 0. The molecule has 0 heterocycles. The maximum absolute atomic E-state index is 12.6. The van der Waals surface area contributed by atoms with Gasteiger partial charge in [0.05, 0.1) is 18.8 Å². The van der Waals surface area contributed by atoms with Crippen LogP contribution in [0, 0.1) is 0 Å². The SMILES string of the molecule is CCCCCCCCCCCCCCCCCC/C=C\CCCCCCCCCCCCCCCCCCC(O)C(=O)NC(CO)C(O)CCCCCCCCCCCCCCCCCCCCCCCC. The van der Waals surface area contributed by atoms with Crippen LogP contribution in [0.15, 0.2) is 12.2 Å². The van der Waals surface area contributed by atoms with Crippen LogP contribution in [0.2, 0.25) is 0 Å². The third-order valence-corrected chi connectivity index (χ3v) is 16.1.